The van der Waals surface area contributed by atoms with Gasteiger partial charge in [-0.05, 0) is 26.8 Å². The molecule has 23 heavy (non-hydrogen) atoms. The lowest BCUT2D eigenvalue weighted by atomic mass is 10.1. The lowest BCUT2D eigenvalue weighted by Gasteiger charge is -2.31. The molecule has 0 saturated carbocycles. The smallest absolute Gasteiger partial charge is 0.411 e. The molecule has 1 aromatic rings. The minimum absolute atomic E-state index is 0.101. The van der Waals surface area contributed by atoms with E-state index in [1.54, 1.807) is 45.0 Å². The predicted octanol–water partition coefficient (Wildman–Crippen LogP) is 3.46. The molecule has 0 saturated heterocycles. The van der Waals surface area contributed by atoms with Crippen molar-refractivity contribution in [1.82, 2.24) is 4.90 Å². The van der Waals surface area contributed by atoms with E-state index in [1.807, 2.05) is 0 Å². The highest BCUT2D eigenvalue weighted by Gasteiger charge is 2.35. The molecule has 1 atom stereocenters. The van der Waals surface area contributed by atoms with E-state index in [0.29, 0.717) is 10.0 Å². The summed E-state index contributed by atoms with van der Waals surface area (Å²) in [5.41, 5.74) is -0.249. The van der Waals surface area contributed by atoms with E-state index in [9.17, 15) is 14.7 Å². The molecule has 1 rings (SSSR count). The van der Waals surface area contributed by atoms with Crippen molar-refractivity contribution in [2.75, 3.05) is 20.3 Å². The Bertz CT molecular complexity index is 556. The first-order valence-corrected chi connectivity index (χ1v) is 7.92. The number of carbonyl (C=O) groups excluding carboxylic acids is 1. The highest BCUT2D eigenvalue weighted by molar-refractivity contribution is 9.10. The van der Waals surface area contributed by atoms with Gasteiger partial charge in [0.05, 0.1) is 6.61 Å². The van der Waals surface area contributed by atoms with Gasteiger partial charge in [-0.2, -0.15) is 0 Å². The van der Waals surface area contributed by atoms with E-state index in [0.717, 1.165) is 4.90 Å². The van der Waals surface area contributed by atoms with Gasteiger partial charge in [0.1, 0.15) is 5.60 Å². The van der Waals surface area contributed by atoms with Gasteiger partial charge in [0.15, 0.2) is 6.04 Å². The fourth-order valence-electron chi connectivity index (χ4n) is 1.97. The highest BCUT2D eigenvalue weighted by Crippen LogP contribution is 2.29. The van der Waals surface area contributed by atoms with Crippen LogP contribution in [0.3, 0.4) is 0 Å². The summed E-state index contributed by atoms with van der Waals surface area (Å²) in [7, 11) is 1.49. The van der Waals surface area contributed by atoms with Crippen molar-refractivity contribution in [2.24, 2.45) is 0 Å². The van der Waals surface area contributed by atoms with Crippen molar-refractivity contribution in [3.05, 3.63) is 34.3 Å². The normalized spacial score (nSPS) is 12.6. The molecule has 0 radical (unpaired) electrons. The fourth-order valence-corrected chi connectivity index (χ4v) is 2.47. The van der Waals surface area contributed by atoms with Gasteiger partial charge >= 0.3 is 12.1 Å². The average Bonchev–Trinajstić information content (AvgIpc) is 2.42. The van der Waals surface area contributed by atoms with Crippen LogP contribution in [0.1, 0.15) is 32.4 Å². The molecule has 6 nitrogen and oxygen atoms in total. The number of hydrogen-bond acceptors (Lipinski definition) is 4. The topological polar surface area (TPSA) is 76.1 Å². The molecule has 1 amide bonds. The quantitative estimate of drug-likeness (QED) is 0.808. The Morgan fingerprint density at radius 3 is 2.39 bits per heavy atom. The van der Waals surface area contributed by atoms with Crippen LogP contribution in [0.15, 0.2) is 28.7 Å². The van der Waals surface area contributed by atoms with Gasteiger partial charge in [-0.1, -0.05) is 34.1 Å². The zero-order chi connectivity index (χ0) is 17.6. The summed E-state index contributed by atoms with van der Waals surface area (Å²) in [4.78, 5) is 25.4. The van der Waals surface area contributed by atoms with Crippen molar-refractivity contribution < 1.29 is 24.2 Å². The Kier molecular flexibility index (Phi) is 7.02. The van der Waals surface area contributed by atoms with E-state index in [-0.39, 0.29) is 13.2 Å². The van der Waals surface area contributed by atoms with Crippen molar-refractivity contribution in [3.63, 3.8) is 0 Å². The second-order valence-corrected chi connectivity index (χ2v) is 6.78. The van der Waals surface area contributed by atoms with Gasteiger partial charge in [-0.15, -0.1) is 0 Å². The van der Waals surface area contributed by atoms with Crippen molar-refractivity contribution in [3.8, 4) is 0 Å². The van der Waals surface area contributed by atoms with Gasteiger partial charge < -0.3 is 14.6 Å². The van der Waals surface area contributed by atoms with Crippen molar-refractivity contribution in [2.45, 2.75) is 32.4 Å². The summed E-state index contributed by atoms with van der Waals surface area (Å²) in [5, 5.41) is 9.66. The van der Waals surface area contributed by atoms with Gasteiger partial charge in [0, 0.05) is 23.7 Å². The van der Waals surface area contributed by atoms with Crippen LogP contribution in [0.25, 0.3) is 0 Å². The second-order valence-electron chi connectivity index (χ2n) is 5.93. The van der Waals surface area contributed by atoms with E-state index < -0.39 is 23.7 Å². The third-order valence-corrected chi connectivity index (χ3v) is 3.63. The number of hydrogen-bond donors (Lipinski definition) is 1. The van der Waals surface area contributed by atoms with Crippen LogP contribution in [0.4, 0.5) is 4.79 Å². The number of aliphatic carboxylic acids is 1. The minimum Gasteiger partial charge on any atom is -0.479 e. The van der Waals surface area contributed by atoms with Crippen LogP contribution in [0, 0.1) is 0 Å². The summed E-state index contributed by atoms with van der Waals surface area (Å²) in [6, 6.07) is 5.72. The lowest BCUT2D eigenvalue weighted by Crippen LogP contribution is -2.43. The summed E-state index contributed by atoms with van der Waals surface area (Å²) in [6.07, 6.45) is -0.697. The molecule has 0 fully saturated rings. The molecule has 1 unspecified atom stereocenters. The molecule has 0 aromatic heterocycles. The molecule has 0 bridgehead atoms. The first-order chi connectivity index (χ1) is 10.7. The number of carbonyl (C=O) groups is 2. The third-order valence-electron chi connectivity index (χ3n) is 2.91. The number of methoxy groups -OCH3 is 1. The Balaban J connectivity index is 3.21. The van der Waals surface area contributed by atoms with E-state index >= 15 is 0 Å². The number of carboxylic acid groups (broad SMARTS) is 1. The first-order valence-electron chi connectivity index (χ1n) is 7.13. The van der Waals surface area contributed by atoms with Gasteiger partial charge in [-0.25, -0.2) is 9.59 Å². The maximum absolute atomic E-state index is 12.5. The molecule has 0 aliphatic heterocycles. The largest absolute Gasteiger partial charge is 0.479 e. The maximum atomic E-state index is 12.5. The molecule has 7 heteroatoms. The van der Waals surface area contributed by atoms with Crippen molar-refractivity contribution in [1.29, 1.82) is 0 Å². The summed E-state index contributed by atoms with van der Waals surface area (Å²) < 4.78 is 10.9. The number of nitrogens with zero attached hydrogens (tertiary/aromatic N) is 1. The van der Waals surface area contributed by atoms with Crippen LogP contribution in [0.2, 0.25) is 0 Å². The van der Waals surface area contributed by atoms with Crippen LogP contribution >= 0.6 is 15.9 Å². The zero-order valence-electron chi connectivity index (χ0n) is 13.7. The molecule has 0 aliphatic rings. The highest BCUT2D eigenvalue weighted by atomic mass is 79.9. The number of amides is 1. The Labute approximate surface area is 144 Å². The average molecular weight is 388 g/mol. The maximum Gasteiger partial charge on any atom is 0.411 e. The van der Waals surface area contributed by atoms with Crippen LogP contribution in [0.5, 0.6) is 0 Å². The first kappa shape index (κ1) is 19.4. The Morgan fingerprint density at radius 1 is 1.30 bits per heavy atom. The van der Waals surface area contributed by atoms with Crippen LogP contribution in [-0.2, 0) is 14.3 Å². The number of halogens is 1. The Hall–Kier alpha value is -1.60. The van der Waals surface area contributed by atoms with Gasteiger partial charge in [0.25, 0.3) is 0 Å². The number of ether oxygens (including phenoxy) is 2. The monoisotopic (exact) mass is 387 g/mol. The third kappa shape index (κ3) is 5.84. The fraction of sp³-hybridized carbons (Fsp3) is 0.500. The molecule has 1 N–H and O–H groups in total. The molecular weight excluding hydrogens is 366 g/mol. The van der Waals surface area contributed by atoms with Crippen LogP contribution < -0.4 is 0 Å². The van der Waals surface area contributed by atoms with E-state index in [4.69, 9.17) is 9.47 Å². The SMILES string of the molecule is COCCN(C(=O)OC(C)(C)C)C(C(=O)O)c1ccccc1Br. The number of carboxylic acids is 1. The van der Waals surface area contributed by atoms with E-state index in [2.05, 4.69) is 15.9 Å². The standard InChI is InChI=1S/C16H22BrNO5/c1-16(2,3)23-15(21)18(9-10-22-4)13(14(19)20)11-7-5-6-8-12(11)17/h5-8,13H,9-10H2,1-4H3,(H,19,20). The zero-order valence-corrected chi connectivity index (χ0v) is 15.3. The second kappa shape index (κ2) is 8.31. The van der Waals surface area contributed by atoms with Crippen molar-refractivity contribution >= 4 is 28.0 Å². The lowest BCUT2D eigenvalue weighted by molar-refractivity contribution is -0.143. The number of benzene rings is 1. The summed E-state index contributed by atoms with van der Waals surface area (Å²) in [6.45, 7) is 5.49. The summed E-state index contributed by atoms with van der Waals surface area (Å²) >= 11 is 3.34. The molecule has 128 valence electrons. The summed E-state index contributed by atoms with van der Waals surface area (Å²) in [5.74, 6) is -1.14. The molecule has 0 heterocycles. The molecule has 1 aromatic carbocycles. The molecule has 0 spiro atoms. The van der Waals surface area contributed by atoms with Crippen LogP contribution in [-0.4, -0.2) is 47.9 Å². The molecule has 0 aliphatic carbocycles. The minimum atomic E-state index is -1.17. The van der Waals surface area contributed by atoms with E-state index in [1.165, 1.54) is 7.11 Å². The van der Waals surface area contributed by atoms with Gasteiger partial charge in [-0.3, -0.25) is 4.90 Å². The Morgan fingerprint density at radius 2 is 1.91 bits per heavy atom. The number of rotatable bonds is 6. The molecular formula is C16H22BrNO5. The van der Waals surface area contributed by atoms with Gasteiger partial charge in [0.2, 0.25) is 0 Å². The predicted molar refractivity (Wildman–Crippen MR) is 89.3 cm³/mol.